The molecule has 1 atom stereocenters. The molecule has 1 saturated heterocycles. The van der Waals surface area contributed by atoms with E-state index in [-0.39, 0.29) is 17.1 Å². The van der Waals surface area contributed by atoms with E-state index in [2.05, 4.69) is 4.98 Å². The summed E-state index contributed by atoms with van der Waals surface area (Å²) in [4.78, 5) is 18.0. The van der Waals surface area contributed by atoms with E-state index < -0.39 is 0 Å². The number of aromatic nitrogens is 1. The lowest BCUT2D eigenvalue weighted by Gasteiger charge is -2.24. The zero-order valence-corrected chi connectivity index (χ0v) is 11.5. The third-order valence-corrected chi connectivity index (χ3v) is 4.46. The maximum atomic E-state index is 12.9. The number of carbonyl (C=O) groups is 1. The van der Waals surface area contributed by atoms with Crippen molar-refractivity contribution in [1.29, 1.82) is 0 Å². The van der Waals surface area contributed by atoms with Crippen LogP contribution in [0.15, 0.2) is 48.8 Å². The summed E-state index contributed by atoms with van der Waals surface area (Å²) in [5, 5.41) is -0.0127. The van der Waals surface area contributed by atoms with Gasteiger partial charge in [-0.3, -0.25) is 9.78 Å². The summed E-state index contributed by atoms with van der Waals surface area (Å²) in [6, 6.07) is 10.1. The maximum absolute atomic E-state index is 12.9. The smallest absolute Gasteiger partial charge is 0.234 e. The first kappa shape index (κ1) is 13.1. The molecule has 1 aromatic heterocycles. The number of hydrogen-bond donors (Lipinski definition) is 0. The molecule has 0 aliphatic carbocycles. The molecule has 2 heterocycles. The zero-order valence-electron chi connectivity index (χ0n) is 10.7. The molecular weight excluding hydrogens is 275 g/mol. The van der Waals surface area contributed by atoms with Crippen molar-refractivity contribution in [3.8, 4) is 0 Å². The molecule has 1 aromatic carbocycles. The highest BCUT2D eigenvalue weighted by Crippen LogP contribution is 2.39. The molecule has 0 spiro atoms. The van der Waals surface area contributed by atoms with E-state index >= 15 is 0 Å². The zero-order chi connectivity index (χ0) is 13.9. The first-order valence-corrected chi connectivity index (χ1v) is 7.34. The van der Waals surface area contributed by atoms with Gasteiger partial charge in [0.25, 0.3) is 0 Å². The minimum absolute atomic E-state index is 0.0127. The first-order chi connectivity index (χ1) is 9.74. The lowest BCUT2D eigenvalue weighted by Crippen LogP contribution is -2.27. The predicted octanol–water partition coefficient (Wildman–Crippen LogP) is 2.99. The van der Waals surface area contributed by atoms with E-state index in [0.717, 1.165) is 11.1 Å². The van der Waals surface area contributed by atoms with E-state index in [1.165, 1.54) is 12.1 Å². The molecule has 0 radical (unpaired) electrons. The number of amides is 1. The average molecular weight is 288 g/mol. The average Bonchev–Trinajstić information content (AvgIpc) is 2.84. The van der Waals surface area contributed by atoms with Crippen LogP contribution in [0, 0.1) is 5.82 Å². The topological polar surface area (TPSA) is 33.2 Å². The van der Waals surface area contributed by atoms with Crippen LogP contribution in [-0.4, -0.2) is 21.5 Å². The van der Waals surface area contributed by atoms with Crippen LogP contribution >= 0.6 is 11.8 Å². The normalized spacial score (nSPS) is 18.6. The lowest BCUT2D eigenvalue weighted by molar-refractivity contribution is -0.128. The van der Waals surface area contributed by atoms with Gasteiger partial charge >= 0.3 is 0 Å². The van der Waals surface area contributed by atoms with Crippen molar-refractivity contribution < 1.29 is 9.18 Å². The van der Waals surface area contributed by atoms with Gasteiger partial charge in [0.2, 0.25) is 5.91 Å². The van der Waals surface area contributed by atoms with Crippen LogP contribution in [0.5, 0.6) is 0 Å². The molecular formula is C15H13FN2OS. The molecule has 0 unspecified atom stereocenters. The predicted molar refractivity (Wildman–Crippen MR) is 76.4 cm³/mol. The van der Waals surface area contributed by atoms with Gasteiger partial charge < -0.3 is 4.90 Å². The highest BCUT2D eigenvalue weighted by Gasteiger charge is 2.32. The molecule has 2 aromatic rings. The number of halogens is 1. The Kier molecular flexibility index (Phi) is 3.69. The maximum Gasteiger partial charge on any atom is 0.234 e. The summed E-state index contributed by atoms with van der Waals surface area (Å²) in [6.07, 6.45) is 3.50. The van der Waals surface area contributed by atoms with Gasteiger partial charge in [0.05, 0.1) is 5.75 Å². The summed E-state index contributed by atoms with van der Waals surface area (Å²) in [5.74, 6) is 0.314. The van der Waals surface area contributed by atoms with E-state index in [0.29, 0.717) is 12.3 Å². The number of thioether (sulfide) groups is 1. The molecule has 0 saturated carbocycles. The van der Waals surface area contributed by atoms with Gasteiger partial charge in [-0.15, -0.1) is 11.8 Å². The van der Waals surface area contributed by atoms with Crippen LogP contribution in [-0.2, 0) is 11.3 Å². The monoisotopic (exact) mass is 288 g/mol. The quantitative estimate of drug-likeness (QED) is 0.870. The van der Waals surface area contributed by atoms with Crippen molar-refractivity contribution in [1.82, 2.24) is 9.88 Å². The van der Waals surface area contributed by atoms with Gasteiger partial charge in [-0.05, 0) is 23.8 Å². The fraction of sp³-hybridized carbons (Fsp3) is 0.200. The van der Waals surface area contributed by atoms with Crippen molar-refractivity contribution in [3.63, 3.8) is 0 Å². The highest BCUT2D eigenvalue weighted by atomic mass is 32.2. The Morgan fingerprint density at radius 1 is 1.30 bits per heavy atom. The van der Waals surface area contributed by atoms with Crippen molar-refractivity contribution >= 4 is 17.7 Å². The molecule has 3 rings (SSSR count). The van der Waals surface area contributed by atoms with Gasteiger partial charge in [0.15, 0.2) is 0 Å². The molecule has 1 aliphatic heterocycles. The fourth-order valence-corrected chi connectivity index (χ4v) is 3.38. The summed E-state index contributed by atoms with van der Waals surface area (Å²) >= 11 is 1.60. The minimum Gasteiger partial charge on any atom is -0.321 e. The molecule has 3 nitrogen and oxygen atoms in total. The molecule has 0 N–H and O–H groups in total. The fourth-order valence-electron chi connectivity index (χ4n) is 2.21. The van der Waals surface area contributed by atoms with Crippen molar-refractivity contribution in [3.05, 3.63) is 65.7 Å². The van der Waals surface area contributed by atoms with Crippen molar-refractivity contribution in [2.24, 2.45) is 0 Å². The number of pyridine rings is 1. The Balaban J connectivity index is 1.82. The Morgan fingerprint density at radius 2 is 2.10 bits per heavy atom. The second-order valence-corrected chi connectivity index (χ2v) is 5.67. The summed E-state index contributed by atoms with van der Waals surface area (Å²) in [7, 11) is 0. The molecule has 1 aliphatic rings. The van der Waals surface area contributed by atoms with E-state index in [1.807, 2.05) is 17.0 Å². The van der Waals surface area contributed by atoms with Crippen LogP contribution in [0.25, 0.3) is 0 Å². The number of hydrogen-bond acceptors (Lipinski definition) is 3. The highest BCUT2D eigenvalue weighted by molar-refractivity contribution is 8.00. The number of rotatable bonds is 3. The Morgan fingerprint density at radius 3 is 2.80 bits per heavy atom. The van der Waals surface area contributed by atoms with Crippen LogP contribution in [0.4, 0.5) is 4.39 Å². The molecule has 1 amide bonds. The third kappa shape index (κ3) is 2.67. The molecule has 20 heavy (non-hydrogen) atoms. The summed E-state index contributed by atoms with van der Waals surface area (Å²) in [5.41, 5.74) is 1.95. The van der Waals surface area contributed by atoms with Crippen molar-refractivity contribution in [2.45, 2.75) is 11.9 Å². The second kappa shape index (κ2) is 5.63. The summed E-state index contributed by atoms with van der Waals surface area (Å²) in [6.45, 7) is 0.492. The van der Waals surface area contributed by atoms with Gasteiger partial charge in [0.1, 0.15) is 11.2 Å². The second-order valence-electron chi connectivity index (χ2n) is 4.60. The number of benzene rings is 1. The van der Waals surface area contributed by atoms with Gasteiger partial charge in [0, 0.05) is 24.5 Å². The van der Waals surface area contributed by atoms with Gasteiger partial charge in [-0.25, -0.2) is 4.39 Å². The lowest BCUT2D eigenvalue weighted by atomic mass is 10.2. The number of nitrogens with zero attached hydrogens (tertiary/aromatic N) is 2. The van der Waals surface area contributed by atoms with Crippen LogP contribution in [0.1, 0.15) is 16.5 Å². The Bertz CT molecular complexity index is 603. The molecule has 1 fully saturated rings. The molecule has 5 heteroatoms. The van der Waals surface area contributed by atoms with Gasteiger partial charge in [-0.1, -0.05) is 18.2 Å². The number of carbonyl (C=O) groups excluding carboxylic acids is 1. The van der Waals surface area contributed by atoms with Gasteiger partial charge in [-0.2, -0.15) is 0 Å². The molecule has 102 valence electrons. The van der Waals surface area contributed by atoms with Crippen LogP contribution in [0.3, 0.4) is 0 Å². The minimum atomic E-state index is -0.264. The Labute approximate surface area is 120 Å². The van der Waals surface area contributed by atoms with E-state index in [4.69, 9.17) is 0 Å². The summed E-state index contributed by atoms with van der Waals surface area (Å²) < 4.78 is 12.9. The van der Waals surface area contributed by atoms with Crippen LogP contribution in [0.2, 0.25) is 0 Å². The van der Waals surface area contributed by atoms with Crippen molar-refractivity contribution in [2.75, 3.05) is 5.75 Å². The third-order valence-electron chi connectivity index (χ3n) is 3.20. The first-order valence-electron chi connectivity index (χ1n) is 6.29. The van der Waals surface area contributed by atoms with Crippen LogP contribution < -0.4 is 0 Å². The van der Waals surface area contributed by atoms with E-state index in [1.54, 1.807) is 36.3 Å². The Hall–Kier alpha value is -1.88. The molecule has 0 bridgehead atoms. The van der Waals surface area contributed by atoms with E-state index in [9.17, 15) is 9.18 Å². The SMILES string of the molecule is O=C1CS[C@H](c2cccnc2)N1Cc1ccc(F)cc1. The largest absolute Gasteiger partial charge is 0.321 e. The standard InChI is InChI=1S/C15H13FN2OS/c16-13-5-3-11(4-6-13)9-18-14(19)10-20-15(18)12-2-1-7-17-8-12/h1-8,15H,9-10H2/t15-/m1/s1.